The Hall–Kier alpha value is -0.860. The first-order valence-electron chi connectivity index (χ1n) is 5.88. The van der Waals surface area contributed by atoms with E-state index in [1.54, 1.807) is 0 Å². The Kier molecular flexibility index (Phi) is 8.95. The van der Waals surface area contributed by atoms with Crippen LogP contribution in [0.3, 0.4) is 0 Å². The molecule has 1 rings (SSSR count). The topological polar surface area (TPSA) is 98.5 Å². The molecule has 0 amide bonds. The van der Waals surface area contributed by atoms with Gasteiger partial charge in [-0.15, -0.1) is 10.2 Å². The molecule has 0 aliphatic carbocycles. The molecule has 0 unspecified atom stereocenters. The summed E-state index contributed by atoms with van der Waals surface area (Å²) in [6.07, 6.45) is 4.04. The van der Waals surface area contributed by atoms with Crippen molar-refractivity contribution in [2.45, 2.75) is 0 Å². The maximum Gasteiger partial charge on any atom is 0.164 e. The summed E-state index contributed by atoms with van der Waals surface area (Å²) in [6, 6.07) is 5.65. The van der Waals surface area contributed by atoms with Gasteiger partial charge in [0.1, 0.15) is 14.1 Å². The second-order valence-electron chi connectivity index (χ2n) is 4.57. The van der Waals surface area contributed by atoms with Crippen LogP contribution in [0.5, 0.6) is 0 Å². The van der Waals surface area contributed by atoms with Gasteiger partial charge in [0.05, 0.1) is 10.0 Å². The molecule has 0 aromatic heterocycles. The molecule has 0 radical (unpaired) electrons. The van der Waals surface area contributed by atoms with E-state index in [-0.39, 0.29) is 0 Å². The summed E-state index contributed by atoms with van der Waals surface area (Å²) < 4.78 is 36.0. The van der Waals surface area contributed by atoms with Gasteiger partial charge in [0.25, 0.3) is 0 Å². The van der Waals surface area contributed by atoms with Gasteiger partial charge in [0.15, 0.2) is 6.21 Å². The number of hydrogen-bond acceptors (Lipinski definition) is 5. The van der Waals surface area contributed by atoms with E-state index in [0.717, 1.165) is 11.3 Å². The van der Waals surface area contributed by atoms with Crippen molar-refractivity contribution < 1.29 is 33.5 Å². The predicted octanol–water partition coefficient (Wildman–Crippen LogP) is -1.52. The van der Waals surface area contributed by atoms with Crippen LogP contribution in [0.25, 0.3) is 5.70 Å². The lowest BCUT2D eigenvalue weighted by Gasteiger charge is -2.17. The van der Waals surface area contributed by atoms with Crippen LogP contribution in [0.2, 0.25) is 10.0 Å². The number of hydrogen-bond donors (Lipinski definition) is 0. The maximum atomic E-state index is 8.49. The first kappa shape index (κ1) is 21.1. The minimum absolute atomic E-state index is 0.571. The number of allylic oxidation sites excluding steroid dienone is 1. The molecule has 0 aliphatic heterocycles. The Morgan fingerprint density at radius 2 is 1.59 bits per heavy atom. The molecule has 22 heavy (non-hydrogen) atoms. The van der Waals surface area contributed by atoms with Gasteiger partial charge >= 0.3 is 0 Å². The summed E-state index contributed by atoms with van der Waals surface area (Å²) in [4.78, 5) is 2.04. The summed E-state index contributed by atoms with van der Waals surface area (Å²) >= 11 is 11.9. The quantitative estimate of drug-likeness (QED) is 0.475. The molecule has 0 N–H and O–H groups in total. The maximum absolute atomic E-state index is 8.49. The highest BCUT2D eigenvalue weighted by Crippen LogP contribution is 2.26. The van der Waals surface area contributed by atoms with Crippen molar-refractivity contribution in [3.8, 4) is 0 Å². The van der Waals surface area contributed by atoms with Crippen molar-refractivity contribution in [1.82, 2.24) is 4.90 Å². The van der Waals surface area contributed by atoms with E-state index >= 15 is 0 Å². The lowest BCUT2D eigenvalue weighted by Crippen LogP contribution is -2.68. The molecule has 0 aliphatic rings. The summed E-state index contributed by atoms with van der Waals surface area (Å²) in [6.45, 7) is 0. The minimum atomic E-state index is -4.94. The van der Waals surface area contributed by atoms with Crippen LogP contribution in [0.15, 0.2) is 24.3 Å². The van der Waals surface area contributed by atoms with E-state index in [2.05, 4.69) is 0 Å². The number of halogens is 3. The number of rotatable bonds is 3. The van der Waals surface area contributed by atoms with Crippen molar-refractivity contribution in [3.63, 3.8) is 0 Å². The van der Waals surface area contributed by atoms with Crippen LogP contribution in [0.4, 0.5) is 0 Å². The number of benzene rings is 1. The lowest BCUT2D eigenvalue weighted by atomic mass is 10.1. The van der Waals surface area contributed by atoms with E-state index in [4.69, 9.17) is 41.8 Å². The highest BCUT2D eigenvalue weighted by molar-refractivity contribution is 6.42. The highest BCUT2D eigenvalue weighted by Gasteiger charge is 2.06. The second-order valence-corrected chi connectivity index (χ2v) is 6.14. The van der Waals surface area contributed by atoms with Crippen LogP contribution in [0.1, 0.15) is 5.56 Å². The Balaban J connectivity index is 0.000000763. The fourth-order valence-corrected chi connectivity index (χ4v) is 1.68. The van der Waals surface area contributed by atoms with Gasteiger partial charge in [-0.25, -0.2) is 23.2 Å². The van der Waals surface area contributed by atoms with Crippen molar-refractivity contribution in [3.05, 3.63) is 39.9 Å². The average Bonchev–Trinajstić information content (AvgIpc) is 2.31. The van der Waals surface area contributed by atoms with Crippen LogP contribution in [-0.4, -0.2) is 43.9 Å². The summed E-state index contributed by atoms with van der Waals surface area (Å²) in [5.74, 6) is 0. The van der Waals surface area contributed by atoms with Gasteiger partial charge in [-0.2, -0.15) is 0 Å². The van der Waals surface area contributed by atoms with Crippen molar-refractivity contribution >= 4 is 35.1 Å². The zero-order valence-electron chi connectivity index (χ0n) is 12.5. The Bertz CT molecular complexity index is 545. The zero-order valence-corrected chi connectivity index (χ0v) is 14.8. The molecule has 0 atom stereocenters. The monoisotopic (exact) mass is 370 g/mol. The molecule has 0 heterocycles. The molecule has 1 aromatic rings. The molecular weight excluding hydrogens is 355 g/mol. The smallest absolute Gasteiger partial charge is 0.164 e. The van der Waals surface area contributed by atoms with Crippen LogP contribution in [0, 0.1) is 10.2 Å². The standard InChI is InChI=1S/C13H17Cl2N2.ClHO4/c1-16(2)8-7-13(17(3)4)10-5-6-11(14)12(15)9-10;2-1(3,4)5/h5-9H,1-4H3;(H,2,3,4,5)/q+1;/p-1. The minimum Gasteiger partial charge on any atom is -0.377 e. The van der Waals surface area contributed by atoms with Crippen LogP contribution < -0.4 is 18.6 Å². The molecular formula is C13H17Cl3N2O4. The number of nitrogens with zero attached hydrogens (tertiary/aromatic N) is 2. The molecule has 9 heteroatoms. The Labute approximate surface area is 141 Å². The van der Waals surface area contributed by atoms with Gasteiger partial charge in [-0.1, -0.05) is 29.3 Å². The van der Waals surface area contributed by atoms with Gasteiger partial charge in [-0.3, -0.25) is 0 Å². The first-order chi connectivity index (χ1) is 9.91. The van der Waals surface area contributed by atoms with Gasteiger partial charge in [0.2, 0.25) is 0 Å². The summed E-state index contributed by atoms with van der Waals surface area (Å²) in [7, 11) is 3.02. The van der Waals surface area contributed by atoms with E-state index in [1.165, 1.54) is 0 Å². The largest absolute Gasteiger partial charge is 0.377 e. The van der Waals surface area contributed by atoms with E-state index in [1.807, 2.05) is 68.2 Å². The third-order valence-electron chi connectivity index (χ3n) is 2.23. The van der Waals surface area contributed by atoms with E-state index in [9.17, 15) is 0 Å². The normalized spacial score (nSPS) is 11.5. The molecule has 1 aromatic carbocycles. The molecule has 124 valence electrons. The van der Waals surface area contributed by atoms with Gasteiger partial charge in [0, 0.05) is 25.9 Å². The van der Waals surface area contributed by atoms with Crippen molar-refractivity contribution in [2.75, 3.05) is 28.2 Å². The SMILES string of the molecule is CN(C)/C(=C\C=[N+](C)C)c1ccc(Cl)c(Cl)c1.[O-][Cl+3]([O-])([O-])[O-]. The molecule has 0 bridgehead atoms. The fraction of sp³-hybridized carbons (Fsp3) is 0.308. The molecule has 0 fully saturated rings. The molecule has 0 saturated heterocycles. The second kappa shape index (κ2) is 9.32. The predicted molar refractivity (Wildman–Crippen MR) is 76.3 cm³/mol. The first-order valence-corrected chi connectivity index (χ1v) is 7.87. The van der Waals surface area contributed by atoms with Gasteiger partial charge in [-0.05, 0) is 17.7 Å². The average molecular weight is 372 g/mol. The Morgan fingerprint density at radius 1 is 1.09 bits per heavy atom. The molecule has 6 nitrogen and oxygen atoms in total. The summed E-state index contributed by atoms with van der Waals surface area (Å²) in [5, 5.41) is 1.15. The van der Waals surface area contributed by atoms with Crippen molar-refractivity contribution in [1.29, 1.82) is 0 Å². The van der Waals surface area contributed by atoms with Crippen LogP contribution >= 0.6 is 23.2 Å². The third-order valence-corrected chi connectivity index (χ3v) is 2.97. The Morgan fingerprint density at radius 3 is 1.95 bits per heavy atom. The van der Waals surface area contributed by atoms with E-state index in [0.29, 0.717) is 10.0 Å². The zero-order chi connectivity index (χ0) is 17.5. The third kappa shape index (κ3) is 9.97. The molecule has 0 spiro atoms. The van der Waals surface area contributed by atoms with Crippen LogP contribution in [-0.2, 0) is 0 Å². The van der Waals surface area contributed by atoms with Crippen molar-refractivity contribution in [2.24, 2.45) is 0 Å². The van der Waals surface area contributed by atoms with Gasteiger partial charge < -0.3 is 4.90 Å². The lowest BCUT2D eigenvalue weighted by molar-refractivity contribution is -2.00. The fourth-order valence-electron chi connectivity index (χ4n) is 1.38. The highest BCUT2D eigenvalue weighted by atomic mass is 35.7. The molecule has 0 saturated carbocycles. The van der Waals surface area contributed by atoms with E-state index < -0.39 is 10.2 Å². The summed E-state index contributed by atoms with van der Waals surface area (Å²) in [5.41, 5.74) is 2.12.